The predicted octanol–water partition coefficient (Wildman–Crippen LogP) is 2.98. The van der Waals surface area contributed by atoms with E-state index in [9.17, 15) is 9.90 Å². The summed E-state index contributed by atoms with van der Waals surface area (Å²) in [5.74, 6) is 1.09. The number of rotatable bonds is 3. The second-order valence-electron chi connectivity index (χ2n) is 7.51. The Hall–Kier alpha value is -2.71. The number of amides is 1. The van der Waals surface area contributed by atoms with E-state index in [4.69, 9.17) is 9.72 Å². The van der Waals surface area contributed by atoms with Crippen molar-refractivity contribution in [3.63, 3.8) is 0 Å². The van der Waals surface area contributed by atoms with Crippen LogP contribution in [0.4, 0.5) is 0 Å². The lowest BCUT2D eigenvalue weighted by Crippen LogP contribution is -2.39. The predicted molar refractivity (Wildman–Crippen MR) is 110 cm³/mol. The molecule has 0 spiro atoms. The van der Waals surface area contributed by atoms with Crippen molar-refractivity contribution >= 4 is 17.2 Å². The summed E-state index contributed by atoms with van der Waals surface area (Å²) in [6.07, 6.45) is 6.07. The standard InChI is InChI=1S/C21H22N4O3S/c26-12-13-3-6-25(7-4-13)21(27)20-24-19-16-2-1-14(15-10-22-23-11-15)9-17(16)28-8-5-18(19)29-20/h1-2,9-11,13,26H,3-8,12H2,(H,22,23). The Morgan fingerprint density at radius 2 is 2.17 bits per heavy atom. The molecule has 4 heterocycles. The maximum Gasteiger partial charge on any atom is 0.282 e. The summed E-state index contributed by atoms with van der Waals surface area (Å²) in [4.78, 5) is 20.7. The highest BCUT2D eigenvalue weighted by molar-refractivity contribution is 7.14. The molecule has 1 amide bonds. The van der Waals surface area contributed by atoms with Crippen molar-refractivity contribution in [3.05, 3.63) is 40.5 Å². The van der Waals surface area contributed by atoms with E-state index in [-0.39, 0.29) is 12.5 Å². The number of aliphatic hydroxyl groups excluding tert-OH is 1. The number of piperidine rings is 1. The van der Waals surface area contributed by atoms with Crippen molar-refractivity contribution in [2.45, 2.75) is 19.3 Å². The number of benzene rings is 1. The zero-order valence-electron chi connectivity index (χ0n) is 15.9. The van der Waals surface area contributed by atoms with E-state index in [1.165, 1.54) is 11.3 Å². The molecule has 1 fully saturated rings. The van der Waals surface area contributed by atoms with Gasteiger partial charge in [-0.05, 0) is 36.5 Å². The molecular formula is C21H22N4O3S. The quantitative estimate of drug-likeness (QED) is 0.693. The van der Waals surface area contributed by atoms with Crippen LogP contribution in [0.3, 0.4) is 0 Å². The van der Waals surface area contributed by atoms with E-state index in [1.54, 1.807) is 6.20 Å². The Morgan fingerprint density at radius 1 is 1.31 bits per heavy atom. The molecule has 0 atom stereocenters. The highest BCUT2D eigenvalue weighted by Gasteiger charge is 2.28. The molecule has 7 nitrogen and oxygen atoms in total. The Balaban J connectivity index is 1.44. The minimum absolute atomic E-state index is 0.00283. The van der Waals surface area contributed by atoms with Crippen molar-refractivity contribution in [2.24, 2.45) is 5.92 Å². The van der Waals surface area contributed by atoms with E-state index in [0.29, 0.717) is 30.6 Å². The SMILES string of the molecule is O=C(c1nc2c(s1)CCOc1cc(-c3cn[nH]c3)ccc1-2)N1CCC(CO)CC1. The molecule has 2 aliphatic rings. The number of aliphatic hydroxyl groups is 1. The first-order chi connectivity index (χ1) is 14.2. The Kier molecular flexibility index (Phi) is 4.81. The topological polar surface area (TPSA) is 91.3 Å². The van der Waals surface area contributed by atoms with E-state index >= 15 is 0 Å². The number of hydrogen-bond acceptors (Lipinski definition) is 6. The van der Waals surface area contributed by atoms with Crippen LogP contribution in [0.2, 0.25) is 0 Å². The van der Waals surface area contributed by atoms with Crippen LogP contribution < -0.4 is 4.74 Å². The second-order valence-corrected chi connectivity index (χ2v) is 8.59. The molecule has 8 heteroatoms. The van der Waals surface area contributed by atoms with Gasteiger partial charge in [0.15, 0.2) is 5.01 Å². The number of carbonyl (C=O) groups is 1. The first-order valence-electron chi connectivity index (χ1n) is 9.89. The van der Waals surface area contributed by atoms with Gasteiger partial charge in [-0.3, -0.25) is 9.89 Å². The Bertz CT molecular complexity index is 1020. The highest BCUT2D eigenvalue weighted by Crippen LogP contribution is 2.40. The summed E-state index contributed by atoms with van der Waals surface area (Å²) in [5, 5.41) is 16.7. The number of ether oxygens (including phenoxy) is 1. The minimum Gasteiger partial charge on any atom is -0.492 e. The van der Waals surface area contributed by atoms with E-state index < -0.39 is 0 Å². The van der Waals surface area contributed by atoms with Crippen LogP contribution in [0, 0.1) is 5.92 Å². The monoisotopic (exact) mass is 410 g/mol. The van der Waals surface area contributed by atoms with Crippen molar-refractivity contribution in [1.82, 2.24) is 20.1 Å². The average molecular weight is 410 g/mol. The molecule has 2 aromatic heterocycles. The van der Waals surface area contributed by atoms with E-state index in [2.05, 4.69) is 10.2 Å². The number of aromatic nitrogens is 3. The molecule has 2 aliphatic heterocycles. The maximum atomic E-state index is 13.0. The highest BCUT2D eigenvalue weighted by atomic mass is 32.1. The van der Waals surface area contributed by atoms with Gasteiger partial charge in [-0.25, -0.2) is 4.98 Å². The van der Waals surface area contributed by atoms with Crippen LogP contribution in [-0.2, 0) is 6.42 Å². The fourth-order valence-corrected chi connectivity index (χ4v) is 4.98. The van der Waals surface area contributed by atoms with Gasteiger partial charge in [0, 0.05) is 48.3 Å². The van der Waals surface area contributed by atoms with Gasteiger partial charge >= 0.3 is 0 Å². The third kappa shape index (κ3) is 3.42. The van der Waals surface area contributed by atoms with Gasteiger partial charge in [0.2, 0.25) is 0 Å². The van der Waals surface area contributed by atoms with Crippen LogP contribution in [0.15, 0.2) is 30.6 Å². The zero-order valence-corrected chi connectivity index (χ0v) is 16.7. The summed E-state index contributed by atoms with van der Waals surface area (Å²) in [6, 6.07) is 6.06. The normalized spacial score (nSPS) is 16.7. The fraction of sp³-hybridized carbons (Fsp3) is 0.381. The Labute approximate surface area is 172 Å². The number of nitrogens with zero attached hydrogens (tertiary/aromatic N) is 3. The van der Waals surface area contributed by atoms with Crippen molar-refractivity contribution in [3.8, 4) is 28.1 Å². The average Bonchev–Trinajstić information content (AvgIpc) is 3.41. The summed E-state index contributed by atoms with van der Waals surface area (Å²) in [6.45, 7) is 2.13. The van der Waals surface area contributed by atoms with Gasteiger partial charge in [-0.2, -0.15) is 5.10 Å². The molecule has 2 N–H and O–H groups in total. The number of carbonyl (C=O) groups excluding carboxylic acids is 1. The van der Waals surface area contributed by atoms with Gasteiger partial charge in [0.25, 0.3) is 5.91 Å². The lowest BCUT2D eigenvalue weighted by atomic mass is 9.98. The number of hydrogen-bond donors (Lipinski definition) is 2. The van der Waals surface area contributed by atoms with Crippen LogP contribution in [-0.4, -0.2) is 57.4 Å². The minimum atomic E-state index is -0.00283. The van der Waals surface area contributed by atoms with Gasteiger partial charge in [-0.15, -0.1) is 11.3 Å². The van der Waals surface area contributed by atoms with Crippen LogP contribution in [0.1, 0.15) is 27.5 Å². The number of fused-ring (bicyclic) bond motifs is 3. The van der Waals surface area contributed by atoms with Gasteiger partial charge in [0.1, 0.15) is 5.75 Å². The summed E-state index contributed by atoms with van der Waals surface area (Å²) >= 11 is 1.48. The maximum absolute atomic E-state index is 13.0. The fourth-order valence-electron chi connectivity index (χ4n) is 3.96. The lowest BCUT2D eigenvalue weighted by molar-refractivity contribution is 0.0650. The number of aromatic amines is 1. The number of nitrogens with one attached hydrogen (secondary N) is 1. The largest absolute Gasteiger partial charge is 0.492 e. The van der Waals surface area contributed by atoms with Crippen molar-refractivity contribution in [2.75, 3.05) is 26.3 Å². The first-order valence-corrected chi connectivity index (χ1v) is 10.7. The molecule has 0 bridgehead atoms. The molecule has 0 unspecified atom stereocenters. The van der Waals surface area contributed by atoms with Gasteiger partial charge in [-0.1, -0.05) is 6.07 Å². The molecule has 0 aliphatic carbocycles. The van der Waals surface area contributed by atoms with Crippen molar-refractivity contribution in [1.29, 1.82) is 0 Å². The zero-order chi connectivity index (χ0) is 19.8. The van der Waals surface area contributed by atoms with Gasteiger partial charge < -0.3 is 14.7 Å². The molecule has 3 aromatic rings. The molecule has 1 saturated heterocycles. The molecule has 5 rings (SSSR count). The van der Waals surface area contributed by atoms with E-state index in [1.807, 2.05) is 29.3 Å². The van der Waals surface area contributed by atoms with Crippen molar-refractivity contribution < 1.29 is 14.6 Å². The summed E-state index contributed by atoms with van der Waals surface area (Å²) in [5.41, 5.74) is 3.81. The first kappa shape index (κ1) is 18.3. The molecule has 29 heavy (non-hydrogen) atoms. The lowest BCUT2D eigenvalue weighted by Gasteiger charge is -2.30. The van der Waals surface area contributed by atoms with Crippen LogP contribution >= 0.6 is 11.3 Å². The Morgan fingerprint density at radius 3 is 2.93 bits per heavy atom. The molecule has 0 saturated carbocycles. The van der Waals surface area contributed by atoms with Crippen LogP contribution in [0.25, 0.3) is 22.4 Å². The van der Waals surface area contributed by atoms with Gasteiger partial charge in [0.05, 0.1) is 18.5 Å². The summed E-state index contributed by atoms with van der Waals surface area (Å²) in [7, 11) is 0. The smallest absolute Gasteiger partial charge is 0.282 e. The second kappa shape index (κ2) is 7.61. The number of H-pyrrole nitrogens is 1. The number of thiazole rings is 1. The third-order valence-electron chi connectivity index (χ3n) is 5.70. The molecule has 0 radical (unpaired) electrons. The molecule has 150 valence electrons. The summed E-state index contributed by atoms with van der Waals surface area (Å²) < 4.78 is 5.99. The number of likely N-dealkylation sites (tertiary alicyclic amines) is 1. The van der Waals surface area contributed by atoms with E-state index in [0.717, 1.165) is 52.3 Å². The molecular weight excluding hydrogens is 388 g/mol. The third-order valence-corrected chi connectivity index (χ3v) is 6.80. The molecule has 1 aromatic carbocycles. The van der Waals surface area contributed by atoms with Crippen LogP contribution in [0.5, 0.6) is 5.75 Å².